The van der Waals surface area contributed by atoms with Gasteiger partial charge in [-0.2, -0.15) is 0 Å². The van der Waals surface area contributed by atoms with Crippen LogP contribution in [0, 0.1) is 0 Å². The molecule has 2 aromatic carbocycles. The van der Waals surface area contributed by atoms with E-state index in [4.69, 9.17) is 18.6 Å². The van der Waals surface area contributed by atoms with Crippen molar-refractivity contribution in [2.75, 3.05) is 14.2 Å². The first-order valence-corrected chi connectivity index (χ1v) is 9.02. The van der Waals surface area contributed by atoms with Crippen LogP contribution in [0.3, 0.4) is 0 Å². The Balaban J connectivity index is 1.83. The van der Waals surface area contributed by atoms with Crippen molar-refractivity contribution in [3.05, 3.63) is 52.4 Å². The van der Waals surface area contributed by atoms with Gasteiger partial charge in [-0.05, 0) is 43.2 Å². The summed E-state index contributed by atoms with van der Waals surface area (Å²) in [6.45, 7) is 3.71. The highest BCUT2D eigenvalue weighted by atomic mass is 16.5. The number of hydrogen-bond acceptors (Lipinski definition) is 6. The highest BCUT2D eigenvalue weighted by Gasteiger charge is 2.35. The molecule has 6 heteroatoms. The van der Waals surface area contributed by atoms with E-state index < -0.39 is 11.7 Å². The van der Waals surface area contributed by atoms with Gasteiger partial charge >= 0.3 is 0 Å². The number of rotatable bonds is 3. The van der Waals surface area contributed by atoms with Crippen LogP contribution in [-0.2, 0) is 6.42 Å². The van der Waals surface area contributed by atoms with Crippen molar-refractivity contribution in [1.82, 2.24) is 0 Å². The normalized spacial score (nSPS) is 17.7. The van der Waals surface area contributed by atoms with Crippen LogP contribution in [0.4, 0.5) is 0 Å². The van der Waals surface area contributed by atoms with Gasteiger partial charge in [0.25, 0.3) is 0 Å². The lowest BCUT2D eigenvalue weighted by Crippen LogP contribution is -2.46. The molecule has 1 aliphatic rings. The Morgan fingerprint density at radius 1 is 1.11 bits per heavy atom. The van der Waals surface area contributed by atoms with Crippen LogP contribution in [0.25, 0.3) is 22.1 Å². The average Bonchev–Trinajstić information content (AvgIpc) is 2.68. The van der Waals surface area contributed by atoms with Crippen LogP contribution < -0.4 is 19.6 Å². The second-order valence-electron chi connectivity index (χ2n) is 7.43. The Kier molecular flexibility index (Phi) is 4.31. The summed E-state index contributed by atoms with van der Waals surface area (Å²) in [4.78, 5) is 13.1. The van der Waals surface area contributed by atoms with Gasteiger partial charge in [0.15, 0.2) is 11.5 Å². The molecule has 0 radical (unpaired) electrons. The molecule has 1 aromatic heterocycles. The smallest absolute Gasteiger partial charge is 0.200 e. The van der Waals surface area contributed by atoms with Crippen LogP contribution in [0.2, 0.25) is 0 Å². The third-order valence-electron chi connectivity index (χ3n) is 5.24. The molecule has 3 aromatic rings. The molecule has 1 aliphatic heterocycles. The molecule has 0 amide bonds. The van der Waals surface area contributed by atoms with Gasteiger partial charge in [-0.15, -0.1) is 0 Å². The van der Waals surface area contributed by atoms with E-state index in [0.717, 1.165) is 11.3 Å². The van der Waals surface area contributed by atoms with Crippen LogP contribution in [-0.4, -0.2) is 31.0 Å². The fraction of sp³-hybridized carbons (Fsp3) is 0.318. The zero-order valence-corrected chi connectivity index (χ0v) is 16.2. The third-order valence-corrected chi connectivity index (χ3v) is 5.24. The molecule has 146 valence electrons. The Hall–Kier alpha value is -2.99. The van der Waals surface area contributed by atoms with E-state index in [0.29, 0.717) is 40.0 Å². The van der Waals surface area contributed by atoms with Gasteiger partial charge in [0.05, 0.1) is 31.3 Å². The molecule has 1 N–H and O–H groups in total. The lowest BCUT2D eigenvalue weighted by molar-refractivity contribution is -0.0411. The molecule has 0 unspecified atom stereocenters. The number of ether oxygens (including phenoxy) is 3. The number of methoxy groups -OCH3 is 2. The van der Waals surface area contributed by atoms with Crippen LogP contribution in [0.15, 0.2) is 45.8 Å². The molecule has 28 heavy (non-hydrogen) atoms. The van der Waals surface area contributed by atoms with E-state index >= 15 is 0 Å². The fourth-order valence-corrected chi connectivity index (χ4v) is 3.47. The van der Waals surface area contributed by atoms with Crippen molar-refractivity contribution in [2.45, 2.75) is 32.0 Å². The van der Waals surface area contributed by atoms with E-state index in [-0.39, 0.29) is 5.43 Å². The first kappa shape index (κ1) is 18.4. The molecule has 6 nitrogen and oxygen atoms in total. The minimum atomic E-state index is -0.647. The second-order valence-corrected chi connectivity index (χ2v) is 7.43. The van der Waals surface area contributed by atoms with E-state index in [2.05, 4.69) is 0 Å². The maximum Gasteiger partial charge on any atom is 0.200 e. The summed E-state index contributed by atoms with van der Waals surface area (Å²) in [6, 6.07) is 8.78. The van der Waals surface area contributed by atoms with Crippen LogP contribution >= 0.6 is 0 Å². The number of benzene rings is 2. The number of aliphatic hydroxyl groups excluding tert-OH is 1. The summed E-state index contributed by atoms with van der Waals surface area (Å²) in [7, 11) is 3.05. The summed E-state index contributed by atoms with van der Waals surface area (Å²) >= 11 is 0. The van der Waals surface area contributed by atoms with Crippen molar-refractivity contribution in [3.63, 3.8) is 0 Å². The lowest BCUT2D eigenvalue weighted by atomic mass is 9.89. The highest BCUT2D eigenvalue weighted by molar-refractivity contribution is 5.84. The molecule has 4 rings (SSSR count). The lowest BCUT2D eigenvalue weighted by Gasteiger charge is -2.37. The van der Waals surface area contributed by atoms with Crippen molar-refractivity contribution >= 4 is 11.0 Å². The predicted molar refractivity (Wildman–Crippen MR) is 105 cm³/mol. The molecule has 0 spiro atoms. The van der Waals surface area contributed by atoms with Gasteiger partial charge in [0.2, 0.25) is 5.43 Å². The summed E-state index contributed by atoms with van der Waals surface area (Å²) in [5.74, 6) is 1.67. The van der Waals surface area contributed by atoms with Gasteiger partial charge in [-0.25, -0.2) is 0 Å². The molecule has 0 bridgehead atoms. The van der Waals surface area contributed by atoms with E-state index in [1.807, 2.05) is 32.0 Å². The molecule has 2 heterocycles. The summed E-state index contributed by atoms with van der Waals surface area (Å²) < 4.78 is 22.2. The van der Waals surface area contributed by atoms with Crippen molar-refractivity contribution in [3.8, 4) is 28.4 Å². The first-order chi connectivity index (χ1) is 13.3. The van der Waals surface area contributed by atoms with E-state index in [1.165, 1.54) is 20.5 Å². The van der Waals surface area contributed by atoms with Gasteiger partial charge in [0.1, 0.15) is 23.2 Å². The minimum Gasteiger partial charge on any atom is -0.493 e. The molecular formula is C22H22O6. The van der Waals surface area contributed by atoms with E-state index in [9.17, 15) is 9.90 Å². The Morgan fingerprint density at radius 3 is 2.54 bits per heavy atom. The second kappa shape index (κ2) is 6.56. The average molecular weight is 382 g/mol. The summed E-state index contributed by atoms with van der Waals surface area (Å²) in [5, 5.41) is 10.7. The molecule has 0 saturated carbocycles. The zero-order valence-electron chi connectivity index (χ0n) is 16.2. The molecular weight excluding hydrogens is 360 g/mol. The fourth-order valence-electron chi connectivity index (χ4n) is 3.47. The maximum atomic E-state index is 13.1. The predicted octanol–water partition coefficient (Wildman–Crippen LogP) is 3.55. The molecule has 1 atom stereocenters. The van der Waals surface area contributed by atoms with Crippen LogP contribution in [0.1, 0.15) is 19.4 Å². The van der Waals surface area contributed by atoms with Gasteiger partial charge in [-0.3, -0.25) is 4.79 Å². The monoisotopic (exact) mass is 382 g/mol. The Bertz CT molecular complexity index is 1110. The third kappa shape index (κ3) is 2.90. The summed E-state index contributed by atoms with van der Waals surface area (Å²) in [5.41, 5.74) is 1.61. The van der Waals surface area contributed by atoms with Crippen molar-refractivity contribution in [2.24, 2.45) is 0 Å². The van der Waals surface area contributed by atoms with Gasteiger partial charge in [0, 0.05) is 12.5 Å². The quantitative estimate of drug-likeness (QED) is 0.746. The minimum absolute atomic E-state index is 0.167. The Labute approximate surface area is 162 Å². The SMILES string of the molecule is COc1cc2occ(-c3ccc4c(c3)C[C@H](O)C(C)(C)O4)c(=O)c2cc1OC. The van der Waals surface area contributed by atoms with Gasteiger partial charge < -0.3 is 23.7 Å². The summed E-state index contributed by atoms with van der Waals surface area (Å²) in [6.07, 6.45) is 1.28. The Morgan fingerprint density at radius 2 is 1.82 bits per heavy atom. The van der Waals surface area contributed by atoms with Crippen LogP contribution in [0.5, 0.6) is 17.2 Å². The maximum absolute atomic E-state index is 13.1. The number of hydrogen-bond donors (Lipinski definition) is 1. The number of fused-ring (bicyclic) bond motifs is 2. The standard InChI is InChI=1S/C22H22O6/c1-22(2)20(23)8-13-7-12(5-6-16(13)28-22)15-11-27-17-10-19(26-4)18(25-3)9-14(17)21(15)24/h5-7,9-11,20,23H,8H2,1-4H3/t20-/m0/s1. The van der Waals surface area contributed by atoms with E-state index in [1.54, 1.807) is 12.1 Å². The molecule has 0 fully saturated rings. The van der Waals surface area contributed by atoms with Gasteiger partial charge in [-0.1, -0.05) is 6.07 Å². The number of aliphatic hydroxyl groups is 1. The van der Waals surface area contributed by atoms with Crippen molar-refractivity contribution in [1.29, 1.82) is 0 Å². The highest BCUT2D eigenvalue weighted by Crippen LogP contribution is 2.36. The topological polar surface area (TPSA) is 78.1 Å². The molecule has 0 aliphatic carbocycles. The largest absolute Gasteiger partial charge is 0.493 e. The molecule has 0 saturated heterocycles. The van der Waals surface area contributed by atoms with Crippen molar-refractivity contribution < 1.29 is 23.7 Å². The zero-order chi connectivity index (χ0) is 20.1. The first-order valence-electron chi connectivity index (χ1n) is 9.02.